The smallest absolute Gasteiger partial charge is 0.224 e. The summed E-state index contributed by atoms with van der Waals surface area (Å²) < 4.78 is 1.14. The Hall–Kier alpha value is -0.620. The molecule has 0 radical (unpaired) electrons. The normalized spacial score (nSPS) is 18.6. The molecule has 1 unspecified atom stereocenters. The van der Waals surface area contributed by atoms with Crippen molar-refractivity contribution in [2.75, 3.05) is 26.2 Å². The zero-order valence-electron chi connectivity index (χ0n) is 13.0. The van der Waals surface area contributed by atoms with Crippen LogP contribution in [0.1, 0.15) is 24.0 Å². The molecule has 0 spiro atoms. The maximum absolute atomic E-state index is 12.1. The molecule has 0 aromatic heterocycles. The Labute approximate surface area is 147 Å². The average molecular weight is 391 g/mol. The molecule has 124 valence electrons. The Balaban J connectivity index is 0.00000242. The molecule has 3 N–H and O–H groups in total. The Morgan fingerprint density at radius 1 is 1.50 bits per heavy atom. The van der Waals surface area contributed by atoms with Crippen LogP contribution in [0.15, 0.2) is 22.7 Å². The van der Waals surface area contributed by atoms with Gasteiger partial charge in [-0.3, -0.25) is 9.69 Å². The summed E-state index contributed by atoms with van der Waals surface area (Å²) in [4.78, 5) is 14.4. The molecule has 1 heterocycles. The van der Waals surface area contributed by atoms with Crippen molar-refractivity contribution in [3.8, 4) is 0 Å². The van der Waals surface area contributed by atoms with Crippen LogP contribution in [0, 0.1) is 12.8 Å². The minimum Gasteiger partial charge on any atom is -0.355 e. The monoisotopic (exact) mass is 389 g/mol. The van der Waals surface area contributed by atoms with Gasteiger partial charge in [0.25, 0.3) is 0 Å². The molecule has 1 saturated heterocycles. The van der Waals surface area contributed by atoms with E-state index < -0.39 is 0 Å². The lowest BCUT2D eigenvalue weighted by Crippen LogP contribution is -2.43. The van der Waals surface area contributed by atoms with E-state index in [1.54, 1.807) is 0 Å². The van der Waals surface area contributed by atoms with E-state index in [1.165, 1.54) is 11.1 Å². The Morgan fingerprint density at radius 2 is 2.27 bits per heavy atom. The van der Waals surface area contributed by atoms with Gasteiger partial charge in [-0.15, -0.1) is 12.4 Å². The molecule has 1 aromatic rings. The number of carbonyl (C=O) groups excluding carboxylic acids is 1. The summed E-state index contributed by atoms with van der Waals surface area (Å²) in [5.41, 5.74) is 7.99. The lowest BCUT2D eigenvalue weighted by atomic mass is 9.96. The molecule has 0 saturated carbocycles. The fourth-order valence-electron chi connectivity index (χ4n) is 2.82. The minimum absolute atomic E-state index is 0. The highest BCUT2D eigenvalue weighted by Crippen LogP contribution is 2.21. The van der Waals surface area contributed by atoms with Gasteiger partial charge < -0.3 is 11.1 Å². The molecule has 1 amide bonds. The molecule has 2 rings (SSSR count). The number of likely N-dealkylation sites (tertiary alicyclic amines) is 1. The van der Waals surface area contributed by atoms with Crippen LogP contribution in [0.3, 0.4) is 0 Å². The van der Waals surface area contributed by atoms with Crippen molar-refractivity contribution in [2.45, 2.75) is 26.3 Å². The molecule has 1 atom stereocenters. The fraction of sp³-hybridized carbons (Fsp3) is 0.562. The van der Waals surface area contributed by atoms with Gasteiger partial charge in [0.05, 0.1) is 5.92 Å². The molecule has 6 heteroatoms. The molecule has 1 aliphatic rings. The number of piperidine rings is 1. The number of carbonyl (C=O) groups is 1. The molecule has 4 nitrogen and oxygen atoms in total. The lowest BCUT2D eigenvalue weighted by Gasteiger charge is -2.32. The van der Waals surface area contributed by atoms with Crippen LogP contribution in [0.4, 0.5) is 0 Å². The van der Waals surface area contributed by atoms with Crippen molar-refractivity contribution in [3.05, 3.63) is 33.8 Å². The third-order valence-electron chi connectivity index (χ3n) is 3.95. The molecule has 0 bridgehead atoms. The van der Waals surface area contributed by atoms with E-state index in [2.05, 4.69) is 51.3 Å². The van der Waals surface area contributed by atoms with Gasteiger partial charge in [0.1, 0.15) is 0 Å². The summed E-state index contributed by atoms with van der Waals surface area (Å²) in [5, 5.41) is 2.91. The average Bonchev–Trinajstić information content (AvgIpc) is 2.49. The first-order chi connectivity index (χ1) is 10.1. The number of benzene rings is 1. The van der Waals surface area contributed by atoms with Crippen molar-refractivity contribution in [1.82, 2.24) is 10.2 Å². The topological polar surface area (TPSA) is 58.4 Å². The first-order valence-corrected chi connectivity index (χ1v) is 8.34. The summed E-state index contributed by atoms with van der Waals surface area (Å²) >= 11 is 3.53. The van der Waals surface area contributed by atoms with Crippen LogP contribution < -0.4 is 11.1 Å². The quantitative estimate of drug-likeness (QED) is 0.812. The zero-order valence-corrected chi connectivity index (χ0v) is 15.4. The zero-order chi connectivity index (χ0) is 15.2. The molecule has 0 aliphatic carbocycles. The Bertz CT molecular complexity index is 498. The van der Waals surface area contributed by atoms with Gasteiger partial charge >= 0.3 is 0 Å². The number of nitrogens with one attached hydrogen (secondary N) is 1. The third kappa shape index (κ3) is 5.54. The number of halogens is 2. The number of amides is 1. The third-order valence-corrected chi connectivity index (χ3v) is 4.84. The van der Waals surface area contributed by atoms with Crippen molar-refractivity contribution < 1.29 is 4.79 Å². The molecular formula is C16H25BrClN3O. The van der Waals surface area contributed by atoms with Crippen molar-refractivity contribution in [3.63, 3.8) is 0 Å². The van der Waals surface area contributed by atoms with Gasteiger partial charge in [-0.25, -0.2) is 0 Å². The van der Waals surface area contributed by atoms with Gasteiger partial charge in [0.2, 0.25) is 5.91 Å². The van der Waals surface area contributed by atoms with E-state index in [0.29, 0.717) is 13.1 Å². The van der Waals surface area contributed by atoms with Crippen LogP contribution in [0.25, 0.3) is 0 Å². The predicted molar refractivity (Wildman–Crippen MR) is 96.2 cm³/mol. The molecule has 22 heavy (non-hydrogen) atoms. The summed E-state index contributed by atoms with van der Waals surface area (Å²) in [5.74, 6) is 0.249. The predicted octanol–water partition coefficient (Wildman–Crippen LogP) is 2.47. The number of nitrogens with two attached hydrogens (primary N) is 1. The van der Waals surface area contributed by atoms with Gasteiger partial charge in [-0.05, 0) is 43.5 Å². The van der Waals surface area contributed by atoms with E-state index in [-0.39, 0.29) is 24.2 Å². The first kappa shape index (κ1) is 19.4. The maximum atomic E-state index is 12.1. The highest BCUT2D eigenvalue weighted by atomic mass is 79.9. The van der Waals surface area contributed by atoms with Gasteiger partial charge in [0, 0.05) is 30.7 Å². The van der Waals surface area contributed by atoms with Gasteiger partial charge in [-0.1, -0.05) is 28.1 Å². The standard InChI is InChI=1S/C16H24BrN3O.ClH/c1-12-9-13(4-5-15(12)17)10-20-8-2-3-14(11-20)16(21)19-7-6-18;/h4-5,9,14H,2-3,6-8,10-11,18H2,1H3,(H,19,21);1H. The van der Waals surface area contributed by atoms with Crippen molar-refractivity contribution in [2.24, 2.45) is 11.7 Å². The van der Waals surface area contributed by atoms with Gasteiger partial charge in [0.15, 0.2) is 0 Å². The number of hydrogen-bond acceptors (Lipinski definition) is 3. The van der Waals surface area contributed by atoms with Crippen molar-refractivity contribution in [1.29, 1.82) is 0 Å². The molecular weight excluding hydrogens is 366 g/mol. The summed E-state index contributed by atoms with van der Waals surface area (Å²) in [6.07, 6.45) is 2.06. The van der Waals surface area contributed by atoms with E-state index in [4.69, 9.17) is 5.73 Å². The van der Waals surface area contributed by atoms with E-state index in [1.807, 2.05) is 0 Å². The summed E-state index contributed by atoms with van der Waals surface area (Å²) in [6, 6.07) is 6.46. The second kappa shape index (κ2) is 9.50. The number of nitrogens with zero attached hydrogens (tertiary/aromatic N) is 1. The van der Waals surface area contributed by atoms with E-state index in [0.717, 1.165) is 36.9 Å². The highest BCUT2D eigenvalue weighted by Gasteiger charge is 2.25. The maximum Gasteiger partial charge on any atom is 0.224 e. The largest absolute Gasteiger partial charge is 0.355 e. The second-order valence-electron chi connectivity index (χ2n) is 5.74. The van der Waals surface area contributed by atoms with Crippen LogP contribution in [-0.2, 0) is 11.3 Å². The van der Waals surface area contributed by atoms with Crippen LogP contribution in [0.2, 0.25) is 0 Å². The van der Waals surface area contributed by atoms with Crippen LogP contribution in [-0.4, -0.2) is 37.0 Å². The number of aryl methyl sites for hydroxylation is 1. The SMILES string of the molecule is Cc1cc(CN2CCCC(C(=O)NCCN)C2)ccc1Br.Cl. The molecule has 1 fully saturated rings. The van der Waals surface area contributed by atoms with Crippen LogP contribution >= 0.6 is 28.3 Å². The first-order valence-electron chi connectivity index (χ1n) is 7.55. The van der Waals surface area contributed by atoms with Crippen LogP contribution in [0.5, 0.6) is 0 Å². The second-order valence-corrected chi connectivity index (χ2v) is 6.59. The fourth-order valence-corrected chi connectivity index (χ4v) is 3.06. The molecule has 1 aliphatic heterocycles. The van der Waals surface area contributed by atoms with E-state index >= 15 is 0 Å². The lowest BCUT2D eigenvalue weighted by molar-refractivity contribution is -0.126. The molecule has 1 aromatic carbocycles. The number of rotatable bonds is 5. The van der Waals surface area contributed by atoms with E-state index in [9.17, 15) is 4.79 Å². The summed E-state index contributed by atoms with van der Waals surface area (Å²) in [6.45, 7) is 5.99. The minimum atomic E-state index is 0. The Kier molecular flexibility index (Phi) is 8.39. The van der Waals surface area contributed by atoms with Gasteiger partial charge in [-0.2, -0.15) is 0 Å². The number of hydrogen-bond donors (Lipinski definition) is 2. The van der Waals surface area contributed by atoms with Crippen molar-refractivity contribution >= 4 is 34.2 Å². The summed E-state index contributed by atoms with van der Waals surface area (Å²) in [7, 11) is 0. The Morgan fingerprint density at radius 3 is 2.95 bits per heavy atom. The highest BCUT2D eigenvalue weighted by molar-refractivity contribution is 9.10.